The number of carbonyl (C=O) groups is 1. The van der Waals surface area contributed by atoms with Gasteiger partial charge in [-0.25, -0.2) is 29.7 Å². The summed E-state index contributed by atoms with van der Waals surface area (Å²) in [5.41, 5.74) is 25.5. The number of benzene rings is 4. The van der Waals surface area contributed by atoms with Gasteiger partial charge in [-0.3, -0.25) is 14.2 Å². The van der Waals surface area contributed by atoms with Crippen LogP contribution in [-0.2, 0) is 11.2 Å². The third kappa shape index (κ3) is 10.1. The first-order valence-electron chi connectivity index (χ1n) is 28.7. The summed E-state index contributed by atoms with van der Waals surface area (Å²) in [4.78, 5) is 45.9. The van der Waals surface area contributed by atoms with Gasteiger partial charge in [0.15, 0.2) is 0 Å². The largest absolute Gasteiger partial charge is 0.443 e. The molecule has 1 amide bonds. The summed E-state index contributed by atoms with van der Waals surface area (Å²) in [6.45, 7) is 9.85. The molecule has 81 heavy (non-hydrogen) atoms. The molecule has 0 radical (unpaired) electrons. The van der Waals surface area contributed by atoms with Crippen LogP contribution in [0.25, 0.3) is 77.9 Å². The SMILES string of the molecule is CC(C)(Cc1cccc(-c2ccc3ccc(-c4nc(C5CC(N6CCSC6)C5)n5ccnc(N)c45)cc3n2)c1)OC(=O)N1CCN(CCN[C@H]2C[C@@H](c3nc(-c4ccc5ccc(-c6ccccc6)nc5c4)c4c(N)cccn43)C2)CC1. The van der Waals surface area contributed by atoms with Crippen molar-refractivity contribution in [3.8, 4) is 45.0 Å². The molecule has 5 N–H and O–H groups in total. The number of nitrogens with zero attached hydrogens (tertiary/aromatic N) is 10. The summed E-state index contributed by atoms with van der Waals surface area (Å²) in [7, 11) is 0. The number of nitrogens with one attached hydrogen (secondary N) is 1. The number of pyridine rings is 3. The maximum absolute atomic E-state index is 13.7. The number of aromatic nitrogens is 7. The van der Waals surface area contributed by atoms with E-state index >= 15 is 0 Å². The summed E-state index contributed by atoms with van der Waals surface area (Å²) in [5.74, 6) is 5.64. The number of amides is 1. The van der Waals surface area contributed by atoms with E-state index in [2.05, 4.69) is 132 Å². The van der Waals surface area contributed by atoms with E-state index in [0.717, 1.165) is 153 Å². The zero-order chi connectivity index (χ0) is 54.8. The second-order valence-electron chi connectivity index (χ2n) is 23.2. The number of fused-ring (bicyclic) bond motifs is 4. The van der Waals surface area contributed by atoms with Crippen molar-refractivity contribution in [1.82, 2.24) is 53.7 Å². The summed E-state index contributed by atoms with van der Waals surface area (Å²) in [5, 5.41) is 5.94. The zero-order valence-electron chi connectivity index (χ0n) is 45.9. The quantitative estimate of drug-likeness (QED) is 0.0940. The highest BCUT2D eigenvalue weighted by atomic mass is 32.2. The van der Waals surface area contributed by atoms with Gasteiger partial charge in [-0.2, -0.15) is 0 Å². The van der Waals surface area contributed by atoms with Crippen molar-refractivity contribution in [2.24, 2.45) is 0 Å². The molecule has 4 aliphatic rings. The van der Waals surface area contributed by atoms with Gasteiger partial charge < -0.3 is 30.8 Å². The number of imidazole rings is 2. The number of ether oxygens (including phenoxy) is 1. The van der Waals surface area contributed by atoms with E-state index in [1.165, 1.54) is 12.3 Å². The number of nitrogen functional groups attached to an aromatic ring is 2. The first kappa shape index (κ1) is 51.3. The van der Waals surface area contributed by atoms with Crippen molar-refractivity contribution in [1.29, 1.82) is 0 Å². The minimum atomic E-state index is -0.725. The first-order valence-corrected chi connectivity index (χ1v) is 29.8. The minimum Gasteiger partial charge on any atom is -0.443 e. The van der Waals surface area contributed by atoms with E-state index in [-0.39, 0.29) is 6.09 Å². The van der Waals surface area contributed by atoms with E-state index in [0.29, 0.717) is 54.9 Å². The topological polar surface area (TPSA) is 173 Å². The molecule has 0 spiro atoms. The van der Waals surface area contributed by atoms with Gasteiger partial charge in [-0.05, 0) is 87.6 Å². The van der Waals surface area contributed by atoms with E-state index in [9.17, 15) is 4.79 Å². The summed E-state index contributed by atoms with van der Waals surface area (Å²) < 4.78 is 10.6. The van der Waals surface area contributed by atoms with Gasteiger partial charge in [0.1, 0.15) is 34.3 Å². The van der Waals surface area contributed by atoms with Crippen LogP contribution in [0.1, 0.15) is 68.6 Å². The molecule has 10 aromatic rings. The third-order valence-corrected chi connectivity index (χ3v) is 18.3. The van der Waals surface area contributed by atoms with Crippen LogP contribution in [0.2, 0.25) is 0 Å². The Morgan fingerprint density at radius 1 is 0.667 bits per heavy atom. The molecule has 2 aliphatic heterocycles. The van der Waals surface area contributed by atoms with Crippen molar-refractivity contribution >= 4 is 62.2 Å². The third-order valence-electron chi connectivity index (χ3n) is 17.3. The molecular formula is C65H67N13O2S. The summed E-state index contributed by atoms with van der Waals surface area (Å²) >= 11 is 2.03. The van der Waals surface area contributed by atoms with E-state index in [1.54, 1.807) is 6.20 Å². The van der Waals surface area contributed by atoms with Crippen molar-refractivity contribution in [2.75, 3.05) is 68.9 Å². The average Bonchev–Trinajstić information content (AvgIpc) is 4.36. The van der Waals surface area contributed by atoms with Crippen LogP contribution < -0.4 is 16.8 Å². The van der Waals surface area contributed by atoms with Gasteiger partial charge >= 0.3 is 6.09 Å². The first-order chi connectivity index (χ1) is 39.5. The predicted molar refractivity (Wildman–Crippen MR) is 325 cm³/mol. The number of rotatable bonds is 14. The van der Waals surface area contributed by atoms with Gasteiger partial charge in [-0.1, -0.05) is 84.9 Å². The van der Waals surface area contributed by atoms with E-state index in [4.69, 9.17) is 36.1 Å². The highest BCUT2D eigenvalue weighted by molar-refractivity contribution is 7.99. The van der Waals surface area contributed by atoms with E-state index < -0.39 is 5.60 Å². The maximum atomic E-state index is 13.7. The van der Waals surface area contributed by atoms with Crippen LogP contribution in [0.5, 0.6) is 0 Å². The number of thioether (sulfide) groups is 1. The molecule has 15 nitrogen and oxygen atoms in total. The Morgan fingerprint density at radius 2 is 1.32 bits per heavy atom. The molecule has 16 heteroatoms. The zero-order valence-corrected chi connectivity index (χ0v) is 46.7. The molecule has 14 rings (SSSR count). The molecule has 2 saturated heterocycles. The lowest BCUT2D eigenvalue weighted by atomic mass is 9.79. The van der Waals surface area contributed by atoms with Crippen molar-refractivity contribution in [2.45, 2.75) is 75.5 Å². The minimum absolute atomic E-state index is 0.263. The number of carbonyl (C=O) groups excluding carboxylic acids is 1. The van der Waals surface area contributed by atoms with Gasteiger partial charge in [0.2, 0.25) is 0 Å². The molecule has 2 saturated carbocycles. The Kier molecular flexibility index (Phi) is 13.4. The Morgan fingerprint density at radius 3 is 2.02 bits per heavy atom. The van der Waals surface area contributed by atoms with Crippen LogP contribution in [0.3, 0.4) is 0 Å². The normalized spacial score (nSPS) is 19.9. The van der Waals surface area contributed by atoms with Gasteiger partial charge in [0.05, 0.1) is 39.3 Å². The second-order valence-corrected chi connectivity index (χ2v) is 24.3. The number of hydrogen-bond acceptors (Lipinski definition) is 13. The Hall–Kier alpha value is -7.89. The van der Waals surface area contributed by atoms with Crippen molar-refractivity contribution in [3.05, 3.63) is 163 Å². The van der Waals surface area contributed by atoms with Crippen LogP contribution in [0.15, 0.2) is 146 Å². The lowest BCUT2D eigenvalue weighted by molar-refractivity contribution is 0.00485. The molecule has 8 heterocycles. The lowest BCUT2D eigenvalue weighted by Gasteiger charge is -2.40. The van der Waals surface area contributed by atoms with Crippen LogP contribution in [-0.4, -0.2) is 130 Å². The Bertz CT molecular complexity index is 3980. The fourth-order valence-corrected chi connectivity index (χ4v) is 13.8. The van der Waals surface area contributed by atoms with Crippen LogP contribution in [0.4, 0.5) is 16.3 Å². The molecule has 0 unspecified atom stereocenters. The van der Waals surface area contributed by atoms with Crippen LogP contribution >= 0.6 is 11.8 Å². The smallest absolute Gasteiger partial charge is 0.410 e. The molecular weight excluding hydrogens is 1030 g/mol. The molecule has 4 fully saturated rings. The average molecular weight is 1090 g/mol. The van der Waals surface area contributed by atoms with Gasteiger partial charge in [0.25, 0.3) is 0 Å². The molecule has 410 valence electrons. The van der Waals surface area contributed by atoms with Gasteiger partial charge in [0, 0.05) is 139 Å². The highest BCUT2D eigenvalue weighted by Gasteiger charge is 2.39. The molecule has 6 aromatic heterocycles. The lowest BCUT2D eigenvalue weighted by Crippen LogP contribution is -2.52. The van der Waals surface area contributed by atoms with Crippen molar-refractivity contribution < 1.29 is 9.53 Å². The standard InChI is InChI=1S/C65H67N13O2S/c1-65(2,39-41-8-6-11-45(32-41)54-20-18-44-14-16-47(38-56(44)71-54)58-60-61(67)69-22-25-78(60)63(73-58)49-35-51(36-49)76-30-31-81-40-76)80-64(79)75-28-26-74(27-29-75)24-21-68-50-33-48(34-50)62-72-57(59-52(66)12-7-23-77(59)62)46-15-13-43-17-19-53(70-55(43)37-46)42-9-4-3-5-10-42/h3-20,22-23,25,32,37-38,48-51,68H,21,24,26-31,33-36,39-40,66H2,1-2H3,(H2,67,69)/t48-,49?,50+,51?. The Balaban J connectivity index is 0.566. The molecule has 0 bridgehead atoms. The van der Waals surface area contributed by atoms with Gasteiger partial charge in [-0.15, -0.1) is 11.8 Å². The number of anilines is 2. The molecule has 2 aliphatic carbocycles. The fourth-order valence-electron chi connectivity index (χ4n) is 12.8. The maximum Gasteiger partial charge on any atom is 0.410 e. The molecule has 0 atom stereocenters. The number of hydrogen-bond donors (Lipinski definition) is 3. The summed E-state index contributed by atoms with van der Waals surface area (Å²) in [6, 6.07) is 44.9. The van der Waals surface area contributed by atoms with Crippen molar-refractivity contribution in [3.63, 3.8) is 0 Å². The fraction of sp³-hybridized carbons (Fsp3) is 0.323. The monoisotopic (exact) mass is 1090 g/mol. The highest BCUT2D eigenvalue weighted by Crippen LogP contribution is 2.44. The van der Waals surface area contributed by atoms with Crippen LogP contribution in [0, 0.1) is 0 Å². The Labute approximate surface area is 475 Å². The second kappa shape index (κ2) is 21.2. The number of nitrogens with two attached hydrogens (primary N) is 2. The van der Waals surface area contributed by atoms with E-state index in [1.807, 2.05) is 67.0 Å². The molecule has 4 aromatic carbocycles. The summed E-state index contributed by atoms with van der Waals surface area (Å²) in [6.07, 6.45) is 10.4. The number of piperazine rings is 1. The predicted octanol–water partition coefficient (Wildman–Crippen LogP) is 11.2.